The van der Waals surface area contributed by atoms with E-state index in [0.717, 1.165) is 55.8 Å². The Kier molecular flexibility index (Phi) is 3.31. The van der Waals surface area contributed by atoms with Crippen LogP contribution in [0.15, 0.2) is 24.3 Å². The molecule has 0 radical (unpaired) electrons. The fourth-order valence-electron chi connectivity index (χ4n) is 6.53. The Balaban J connectivity index is 1.36. The van der Waals surface area contributed by atoms with Gasteiger partial charge in [-0.05, 0) is 80.0 Å². The van der Waals surface area contributed by atoms with Gasteiger partial charge in [-0.2, -0.15) is 0 Å². The number of benzene rings is 1. The molecule has 3 heteroatoms. The Hall–Kier alpha value is -1.35. The summed E-state index contributed by atoms with van der Waals surface area (Å²) < 4.78 is 0. The van der Waals surface area contributed by atoms with Crippen LogP contribution in [-0.4, -0.2) is 35.1 Å². The molecule has 3 fully saturated rings. The van der Waals surface area contributed by atoms with Crippen molar-refractivity contribution >= 4 is 5.97 Å². The number of nitrogens with zero attached hydrogens (tertiary/aromatic N) is 1. The van der Waals surface area contributed by atoms with Crippen LogP contribution in [0.1, 0.15) is 62.0 Å². The molecule has 3 nitrogen and oxygen atoms in total. The first-order valence-electron chi connectivity index (χ1n) is 9.72. The van der Waals surface area contributed by atoms with Crippen LogP contribution in [0.2, 0.25) is 0 Å². The number of hydrogen-bond donors (Lipinski definition) is 1. The molecule has 2 bridgehead atoms. The zero-order valence-corrected chi connectivity index (χ0v) is 14.3. The van der Waals surface area contributed by atoms with Gasteiger partial charge < -0.3 is 10.0 Å². The van der Waals surface area contributed by atoms with Crippen molar-refractivity contribution < 1.29 is 9.90 Å². The lowest BCUT2D eigenvalue weighted by atomic mass is 9.72. The van der Waals surface area contributed by atoms with Gasteiger partial charge in [0.1, 0.15) is 0 Å². The standard InChI is InChI=1S/C21H27NO2/c23-20(24)17-13-21(18-4-2-1-3-16(17)18)7-9-22(10-8-21)19-12-14-5-6-15(19)11-14/h1-4,14-15,17,19H,5-13H2,(H,23,24). The molecule has 0 amide bonds. The summed E-state index contributed by atoms with van der Waals surface area (Å²) in [5.41, 5.74) is 2.54. The molecule has 1 spiro atoms. The molecule has 1 aromatic rings. The molecular weight excluding hydrogens is 298 g/mol. The highest BCUT2D eigenvalue weighted by Gasteiger charge is 2.50. The van der Waals surface area contributed by atoms with Crippen molar-refractivity contribution in [1.29, 1.82) is 0 Å². The molecule has 1 heterocycles. The van der Waals surface area contributed by atoms with Crippen LogP contribution in [0, 0.1) is 11.8 Å². The van der Waals surface area contributed by atoms with Crippen LogP contribution in [0.4, 0.5) is 0 Å². The molecule has 1 saturated heterocycles. The Morgan fingerprint density at radius 1 is 1.12 bits per heavy atom. The maximum Gasteiger partial charge on any atom is 0.311 e. The highest BCUT2D eigenvalue weighted by molar-refractivity contribution is 5.78. The SMILES string of the molecule is O=C(O)C1CC2(CCN(C3CC4CCC3C4)CC2)c2ccccc21. The summed E-state index contributed by atoms with van der Waals surface area (Å²) >= 11 is 0. The second-order valence-electron chi connectivity index (χ2n) is 8.74. The van der Waals surface area contributed by atoms with Crippen molar-refractivity contribution in [2.75, 3.05) is 13.1 Å². The zero-order chi connectivity index (χ0) is 16.3. The minimum absolute atomic E-state index is 0.119. The quantitative estimate of drug-likeness (QED) is 0.899. The highest BCUT2D eigenvalue weighted by Crippen LogP contribution is 2.53. The van der Waals surface area contributed by atoms with Crippen molar-refractivity contribution in [3.8, 4) is 0 Å². The number of rotatable bonds is 2. The fourth-order valence-corrected chi connectivity index (χ4v) is 6.53. The van der Waals surface area contributed by atoms with E-state index in [2.05, 4.69) is 17.0 Å². The number of aliphatic carboxylic acids is 1. The molecule has 1 N–H and O–H groups in total. The number of likely N-dealkylation sites (tertiary alicyclic amines) is 1. The summed E-state index contributed by atoms with van der Waals surface area (Å²) in [7, 11) is 0. The van der Waals surface area contributed by atoms with Gasteiger partial charge in [-0.3, -0.25) is 4.79 Å². The number of fused-ring (bicyclic) bond motifs is 4. The molecule has 4 aliphatic rings. The smallest absolute Gasteiger partial charge is 0.311 e. The van der Waals surface area contributed by atoms with Crippen LogP contribution >= 0.6 is 0 Å². The lowest BCUT2D eigenvalue weighted by molar-refractivity contribution is -0.139. The van der Waals surface area contributed by atoms with Crippen molar-refractivity contribution in [1.82, 2.24) is 4.90 Å². The largest absolute Gasteiger partial charge is 0.481 e. The lowest BCUT2D eigenvalue weighted by Gasteiger charge is -2.44. The van der Waals surface area contributed by atoms with Gasteiger partial charge in [0.15, 0.2) is 0 Å². The van der Waals surface area contributed by atoms with Gasteiger partial charge in [-0.15, -0.1) is 0 Å². The average molecular weight is 325 g/mol. The second kappa shape index (κ2) is 5.32. The van der Waals surface area contributed by atoms with E-state index in [1.165, 1.54) is 31.2 Å². The van der Waals surface area contributed by atoms with E-state index in [4.69, 9.17) is 0 Å². The number of carbonyl (C=O) groups is 1. The fraction of sp³-hybridized carbons (Fsp3) is 0.667. The van der Waals surface area contributed by atoms with Crippen LogP contribution in [-0.2, 0) is 10.2 Å². The molecule has 128 valence electrons. The van der Waals surface area contributed by atoms with Gasteiger partial charge >= 0.3 is 5.97 Å². The van der Waals surface area contributed by atoms with E-state index in [0.29, 0.717) is 0 Å². The molecule has 5 rings (SSSR count). The second-order valence-corrected chi connectivity index (χ2v) is 8.74. The van der Waals surface area contributed by atoms with Crippen molar-refractivity contribution in [3.63, 3.8) is 0 Å². The van der Waals surface area contributed by atoms with Crippen LogP contribution in [0.5, 0.6) is 0 Å². The van der Waals surface area contributed by atoms with E-state index in [1.54, 1.807) is 0 Å². The Bertz CT molecular complexity index is 662. The van der Waals surface area contributed by atoms with E-state index in [1.807, 2.05) is 12.1 Å². The predicted molar refractivity (Wildman–Crippen MR) is 93.2 cm³/mol. The number of piperidine rings is 1. The summed E-state index contributed by atoms with van der Waals surface area (Å²) in [4.78, 5) is 14.5. The first kappa shape index (κ1) is 14.9. The van der Waals surface area contributed by atoms with Gasteiger partial charge in [-0.25, -0.2) is 0 Å². The molecule has 4 unspecified atom stereocenters. The van der Waals surface area contributed by atoms with E-state index < -0.39 is 5.97 Å². The number of carboxylic acid groups (broad SMARTS) is 1. The van der Waals surface area contributed by atoms with E-state index >= 15 is 0 Å². The number of hydrogen-bond acceptors (Lipinski definition) is 2. The third kappa shape index (κ3) is 2.10. The maximum atomic E-state index is 11.7. The van der Waals surface area contributed by atoms with Gasteiger partial charge in [0.05, 0.1) is 5.92 Å². The Labute approximate surface area is 144 Å². The first-order chi connectivity index (χ1) is 11.7. The molecule has 1 aliphatic heterocycles. The van der Waals surface area contributed by atoms with Gasteiger partial charge in [0.25, 0.3) is 0 Å². The van der Waals surface area contributed by atoms with Crippen molar-refractivity contribution in [3.05, 3.63) is 35.4 Å². The Morgan fingerprint density at radius 2 is 1.92 bits per heavy atom. The van der Waals surface area contributed by atoms with Gasteiger partial charge in [-0.1, -0.05) is 30.7 Å². The predicted octanol–water partition coefficient (Wildman–Crippen LogP) is 3.78. The van der Waals surface area contributed by atoms with Crippen LogP contribution < -0.4 is 0 Å². The van der Waals surface area contributed by atoms with E-state index in [-0.39, 0.29) is 11.3 Å². The summed E-state index contributed by atoms with van der Waals surface area (Å²) in [5, 5.41) is 9.66. The minimum atomic E-state index is -0.644. The molecule has 0 aromatic heterocycles. The van der Waals surface area contributed by atoms with E-state index in [9.17, 15) is 9.90 Å². The third-order valence-electron chi connectivity index (χ3n) is 7.73. The lowest BCUT2D eigenvalue weighted by Crippen LogP contribution is -2.48. The van der Waals surface area contributed by atoms with Crippen LogP contribution in [0.3, 0.4) is 0 Å². The maximum absolute atomic E-state index is 11.7. The normalized spacial score (nSPS) is 37.0. The van der Waals surface area contributed by atoms with Gasteiger partial charge in [0, 0.05) is 6.04 Å². The topological polar surface area (TPSA) is 40.5 Å². The number of carboxylic acids is 1. The molecular formula is C21H27NO2. The monoisotopic (exact) mass is 325 g/mol. The molecule has 24 heavy (non-hydrogen) atoms. The zero-order valence-electron chi connectivity index (χ0n) is 14.3. The summed E-state index contributed by atoms with van der Waals surface area (Å²) in [6.45, 7) is 2.32. The summed E-state index contributed by atoms with van der Waals surface area (Å²) in [5.74, 6) is 1.01. The minimum Gasteiger partial charge on any atom is -0.481 e. The summed E-state index contributed by atoms with van der Waals surface area (Å²) in [6.07, 6.45) is 8.89. The van der Waals surface area contributed by atoms with Crippen molar-refractivity contribution in [2.45, 2.75) is 62.3 Å². The van der Waals surface area contributed by atoms with Crippen molar-refractivity contribution in [2.24, 2.45) is 11.8 Å². The first-order valence-corrected chi connectivity index (χ1v) is 9.72. The van der Waals surface area contributed by atoms with Crippen LogP contribution in [0.25, 0.3) is 0 Å². The molecule has 3 aliphatic carbocycles. The molecule has 4 atom stereocenters. The van der Waals surface area contributed by atoms with Gasteiger partial charge in [0.2, 0.25) is 0 Å². The molecule has 1 aromatic carbocycles. The average Bonchev–Trinajstić information content (AvgIpc) is 3.30. The highest BCUT2D eigenvalue weighted by atomic mass is 16.4. The summed E-state index contributed by atoms with van der Waals surface area (Å²) in [6, 6.07) is 9.16. The molecule has 2 saturated carbocycles. The third-order valence-corrected chi connectivity index (χ3v) is 7.73. The Morgan fingerprint density at radius 3 is 2.58 bits per heavy atom.